The lowest BCUT2D eigenvalue weighted by molar-refractivity contribution is 0.572. The Kier molecular flexibility index (Phi) is 4.62. The maximum atomic E-state index is 12.3. The zero-order valence-corrected chi connectivity index (χ0v) is 14.3. The number of benzene rings is 2. The smallest absolute Gasteiger partial charge is 0.224 e. The van der Waals surface area contributed by atoms with Crippen LogP contribution in [0.2, 0.25) is 0 Å². The number of hydrogen-bond acceptors (Lipinski definition) is 6. The van der Waals surface area contributed by atoms with Crippen LogP contribution in [0, 0.1) is 0 Å². The van der Waals surface area contributed by atoms with Gasteiger partial charge in [-0.05, 0) is 24.3 Å². The van der Waals surface area contributed by atoms with Crippen LogP contribution in [0.1, 0.15) is 0 Å². The molecule has 2 rings (SSSR count). The van der Waals surface area contributed by atoms with E-state index in [4.69, 9.17) is 0 Å². The Morgan fingerprint density at radius 2 is 1.13 bits per heavy atom. The summed E-state index contributed by atoms with van der Waals surface area (Å²) in [4.78, 5) is -1.35. The monoisotopic (exact) mass is 375 g/mol. The maximum absolute atomic E-state index is 12.3. The SMILES string of the molecule is CS(=O)(=O)c1ccccc1S(=O)(=O)NS(=O)(=O)c1ccccc1. The highest BCUT2D eigenvalue weighted by Gasteiger charge is 2.28. The van der Waals surface area contributed by atoms with E-state index in [1.165, 1.54) is 36.4 Å². The fourth-order valence-electron chi connectivity index (χ4n) is 1.82. The lowest BCUT2D eigenvalue weighted by Gasteiger charge is -2.10. The molecule has 0 bridgehead atoms. The first-order valence-electron chi connectivity index (χ1n) is 6.17. The largest absolute Gasteiger partial charge is 0.255 e. The van der Waals surface area contributed by atoms with Gasteiger partial charge >= 0.3 is 0 Å². The van der Waals surface area contributed by atoms with Gasteiger partial charge in [-0.15, -0.1) is 4.13 Å². The molecule has 2 aromatic carbocycles. The summed E-state index contributed by atoms with van der Waals surface area (Å²) in [6.07, 6.45) is 0.840. The average molecular weight is 375 g/mol. The van der Waals surface area contributed by atoms with Crippen molar-refractivity contribution in [1.29, 1.82) is 0 Å². The molecule has 0 saturated carbocycles. The fraction of sp³-hybridized carbons (Fsp3) is 0.0769. The molecule has 0 unspecified atom stereocenters. The van der Waals surface area contributed by atoms with Crippen LogP contribution >= 0.6 is 0 Å². The zero-order chi connectivity index (χ0) is 17.3. The Bertz CT molecular complexity index is 1030. The third-order valence-electron chi connectivity index (χ3n) is 2.81. The molecule has 0 fully saturated rings. The normalized spacial score (nSPS) is 12.9. The molecule has 0 aliphatic rings. The van der Waals surface area contributed by atoms with Crippen LogP contribution in [-0.2, 0) is 29.9 Å². The minimum atomic E-state index is -4.60. The van der Waals surface area contributed by atoms with Crippen molar-refractivity contribution in [3.63, 3.8) is 0 Å². The Morgan fingerprint density at radius 1 is 0.652 bits per heavy atom. The second kappa shape index (κ2) is 6.04. The zero-order valence-electron chi connectivity index (χ0n) is 11.9. The molecule has 0 aliphatic carbocycles. The summed E-state index contributed by atoms with van der Waals surface area (Å²) >= 11 is 0. The summed E-state index contributed by atoms with van der Waals surface area (Å²) in [7, 11) is -12.8. The van der Waals surface area contributed by atoms with E-state index in [-0.39, 0.29) is 4.90 Å². The van der Waals surface area contributed by atoms with Crippen LogP contribution in [0.15, 0.2) is 69.3 Å². The molecule has 0 atom stereocenters. The van der Waals surface area contributed by atoms with E-state index < -0.39 is 39.7 Å². The van der Waals surface area contributed by atoms with E-state index >= 15 is 0 Å². The highest BCUT2D eigenvalue weighted by molar-refractivity contribution is 8.05. The number of rotatable bonds is 5. The summed E-state index contributed by atoms with van der Waals surface area (Å²) in [6.45, 7) is 0. The van der Waals surface area contributed by atoms with Gasteiger partial charge in [0.15, 0.2) is 9.84 Å². The Morgan fingerprint density at radius 3 is 1.65 bits per heavy atom. The van der Waals surface area contributed by atoms with Crippen molar-refractivity contribution in [2.45, 2.75) is 14.7 Å². The third kappa shape index (κ3) is 3.96. The van der Waals surface area contributed by atoms with Crippen molar-refractivity contribution in [3.05, 3.63) is 54.6 Å². The van der Waals surface area contributed by atoms with E-state index in [2.05, 4.69) is 0 Å². The summed E-state index contributed by atoms with van der Waals surface area (Å²) < 4.78 is 73.9. The minimum Gasteiger partial charge on any atom is -0.224 e. The molecule has 7 nitrogen and oxygen atoms in total. The van der Waals surface area contributed by atoms with Gasteiger partial charge in [0.05, 0.1) is 9.79 Å². The van der Waals surface area contributed by atoms with Gasteiger partial charge in [-0.1, -0.05) is 30.3 Å². The molecule has 2 aromatic rings. The van der Waals surface area contributed by atoms with Gasteiger partial charge < -0.3 is 0 Å². The van der Waals surface area contributed by atoms with Crippen LogP contribution in [0.5, 0.6) is 0 Å². The second-order valence-electron chi connectivity index (χ2n) is 4.62. The van der Waals surface area contributed by atoms with Gasteiger partial charge in [-0.2, -0.15) is 0 Å². The molecule has 0 aromatic heterocycles. The molecule has 0 spiro atoms. The van der Waals surface area contributed by atoms with E-state index in [0.29, 0.717) is 0 Å². The minimum absolute atomic E-state index is 0.250. The van der Waals surface area contributed by atoms with E-state index in [9.17, 15) is 25.3 Å². The Balaban J connectivity index is 2.54. The van der Waals surface area contributed by atoms with Crippen molar-refractivity contribution in [2.24, 2.45) is 0 Å². The molecule has 1 N–H and O–H groups in total. The quantitative estimate of drug-likeness (QED) is 0.825. The van der Waals surface area contributed by atoms with Gasteiger partial charge in [-0.3, -0.25) is 0 Å². The maximum Gasteiger partial charge on any atom is 0.255 e. The Labute approximate surface area is 135 Å². The average Bonchev–Trinajstić information content (AvgIpc) is 2.46. The van der Waals surface area contributed by atoms with Gasteiger partial charge in [0.1, 0.15) is 4.90 Å². The summed E-state index contributed by atoms with van der Waals surface area (Å²) in [6, 6.07) is 11.7. The summed E-state index contributed by atoms with van der Waals surface area (Å²) in [5.74, 6) is 0. The first-order valence-corrected chi connectivity index (χ1v) is 11.0. The highest BCUT2D eigenvalue weighted by atomic mass is 32.3. The van der Waals surface area contributed by atoms with E-state index in [1.54, 1.807) is 10.2 Å². The van der Waals surface area contributed by atoms with Gasteiger partial charge in [0.2, 0.25) is 0 Å². The predicted molar refractivity (Wildman–Crippen MR) is 83.5 cm³/mol. The fourth-order valence-corrected chi connectivity index (χ4v) is 6.36. The predicted octanol–water partition coefficient (Wildman–Crippen LogP) is 0.757. The van der Waals surface area contributed by atoms with Crippen LogP contribution in [0.4, 0.5) is 0 Å². The molecular weight excluding hydrogens is 362 g/mol. The molecule has 0 amide bonds. The van der Waals surface area contributed by atoms with Crippen molar-refractivity contribution < 1.29 is 25.3 Å². The summed E-state index contributed by atoms with van der Waals surface area (Å²) in [5, 5.41) is 0. The molecule has 0 heterocycles. The first kappa shape index (κ1) is 17.6. The molecule has 0 aliphatic heterocycles. The van der Waals surface area contributed by atoms with Crippen molar-refractivity contribution in [1.82, 2.24) is 4.13 Å². The first-order chi connectivity index (χ1) is 10.5. The molecule has 124 valence electrons. The standard InChI is InChI=1S/C13H13NO6S3/c1-21(15,16)12-9-5-6-10-13(12)23(19,20)14-22(17,18)11-7-3-2-4-8-11/h2-10,14H,1H3. The van der Waals surface area contributed by atoms with Gasteiger partial charge in [0.25, 0.3) is 20.0 Å². The number of sulfonamides is 2. The number of nitrogens with one attached hydrogen (secondary N) is 1. The lowest BCUT2D eigenvalue weighted by Crippen LogP contribution is -2.31. The number of sulfone groups is 1. The van der Waals surface area contributed by atoms with E-state index in [0.717, 1.165) is 18.4 Å². The third-order valence-corrected chi connectivity index (χ3v) is 7.68. The topological polar surface area (TPSA) is 114 Å². The molecular formula is C13H13NO6S3. The van der Waals surface area contributed by atoms with Crippen LogP contribution < -0.4 is 4.13 Å². The van der Waals surface area contributed by atoms with E-state index in [1.807, 2.05) is 0 Å². The van der Waals surface area contributed by atoms with Gasteiger partial charge in [-0.25, -0.2) is 25.3 Å². The molecule has 0 saturated heterocycles. The highest BCUT2D eigenvalue weighted by Crippen LogP contribution is 2.21. The molecule has 0 radical (unpaired) electrons. The molecule has 10 heteroatoms. The van der Waals surface area contributed by atoms with Crippen LogP contribution in [0.3, 0.4) is 0 Å². The molecule has 23 heavy (non-hydrogen) atoms. The van der Waals surface area contributed by atoms with Crippen LogP contribution in [0.25, 0.3) is 0 Å². The number of hydrogen-bond donors (Lipinski definition) is 1. The Hall–Kier alpha value is -1.75. The van der Waals surface area contributed by atoms with Crippen molar-refractivity contribution in [2.75, 3.05) is 6.26 Å². The lowest BCUT2D eigenvalue weighted by atomic mass is 10.4. The van der Waals surface area contributed by atoms with Gasteiger partial charge in [0, 0.05) is 6.26 Å². The summed E-state index contributed by atoms with van der Waals surface area (Å²) in [5.41, 5.74) is 0. The second-order valence-corrected chi connectivity index (χ2v) is 10.2. The van der Waals surface area contributed by atoms with Crippen LogP contribution in [-0.4, -0.2) is 31.5 Å². The van der Waals surface area contributed by atoms with Crippen molar-refractivity contribution in [3.8, 4) is 0 Å². The van der Waals surface area contributed by atoms with Crippen molar-refractivity contribution >= 4 is 29.9 Å².